The van der Waals surface area contributed by atoms with Gasteiger partial charge < -0.3 is 9.47 Å². The Bertz CT molecular complexity index is 629. The predicted molar refractivity (Wildman–Crippen MR) is 83.6 cm³/mol. The number of rotatable bonds is 3. The van der Waals surface area contributed by atoms with E-state index in [0.29, 0.717) is 6.61 Å². The highest BCUT2D eigenvalue weighted by molar-refractivity contribution is 9.10. The van der Waals surface area contributed by atoms with Crippen molar-refractivity contribution in [1.82, 2.24) is 0 Å². The lowest BCUT2D eigenvalue weighted by Gasteiger charge is -2.14. The highest BCUT2D eigenvalue weighted by atomic mass is 79.9. The lowest BCUT2D eigenvalue weighted by atomic mass is 10.1. The second-order valence-electron chi connectivity index (χ2n) is 5.16. The minimum Gasteiger partial charge on any atom is -0.493 e. The molecule has 0 atom stereocenters. The third kappa shape index (κ3) is 2.55. The van der Waals surface area contributed by atoms with Crippen LogP contribution in [0.4, 0.5) is 0 Å². The number of halogens is 1. The van der Waals surface area contributed by atoms with Crippen molar-refractivity contribution < 1.29 is 9.47 Å². The number of fused-ring (bicyclic) bond motifs is 1. The minimum atomic E-state index is 0.535. The van der Waals surface area contributed by atoms with Crippen LogP contribution in [-0.4, -0.2) is 6.61 Å². The number of benzene rings is 2. The molecule has 1 heterocycles. The molecule has 0 fully saturated rings. The molecule has 0 saturated carbocycles. The van der Waals surface area contributed by atoms with Crippen molar-refractivity contribution in [3.8, 4) is 11.5 Å². The first-order chi connectivity index (χ1) is 9.65. The normalized spacial score (nSPS) is 12.9. The van der Waals surface area contributed by atoms with Gasteiger partial charge in [-0.3, -0.25) is 0 Å². The first-order valence-corrected chi connectivity index (χ1v) is 7.57. The average Bonchev–Trinajstić information content (AvgIpc) is 2.86. The molecule has 2 aromatic rings. The van der Waals surface area contributed by atoms with Crippen LogP contribution in [0.3, 0.4) is 0 Å². The Kier molecular flexibility index (Phi) is 3.70. The van der Waals surface area contributed by atoms with E-state index in [-0.39, 0.29) is 0 Å². The molecule has 3 heteroatoms. The molecule has 2 aromatic carbocycles. The fourth-order valence-electron chi connectivity index (χ4n) is 2.63. The van der Waals surface area contributed by atoms with Crippen molar-refractivity contribution in [3.63, 3.8) is 0 Å². The summed E-state index contributed by atoms with van der Waals surface area (Å²) < 4.78 is 12.9. The van der Waals surface area contributed by atoms with E-state index in [1.165, 1.54) is 5.56 Å². The van der Waals surface area contributed by atoms with E-state index in [9.17, 15) is 0 Å². The monoisotopic (exact) mass is 332 g/mol. The predicted octanol–water partition coefficient (Wildman–Crippen LogP) is 4.58. The second-order valence-corrected chi connectivity index (χ2v) is 6.08. The molecule has 0 saturated heterocycles. The van der Waals surface area contributed by atoms with Crippen molar-refractivity contribution in [1.29, 1.82) is 0 Å². The van der Waals surface area contributed by atoms with Crippen LogP contribution < -0.4 is 9.47 Å². The highest BCUT2D eigenvalue weighted by Gasteiger charge is 2.18. The van der Waals surface area contributed by atoms with Gasteiger partial charge in [-0.2, -0.15) is 0 Å². The van der Waals surface area contributed by atoms with Gasteiger partial charge in [0.1, 0.15) is 18.1 Å². The fourth-order valence-corrected chi connectivity index (χ4v) is 3.18. The van der Waals surface area contributed by atoms with E-state index >= 15 is 0 Å². The van der Waals surface area contributed by atoms with Gasteiger partial charge in [0.05, 0.1) is 6.61 Å². The average molecular weight is 333 g/mol. The number of aryl methyl sites for hydroxylation is 2. The van der Waals surface area contributed by atoms with Crippen LogP contribution in [-0.2, 0) is 13.0 Å². The Morgan fingerprint density at radius 1 is 1.20 bits per heavy atom. The Hall–Kier alpha value is -1.48. The molecular weight excluding hydrogens is 316 g/mol. The van der Waals surface area contributed by atoms with Crippen LogP contribution in [0.25, 0.3) is 0 Å². The first-order valence-electron chi connectivity index (χ1n) is 6.78. The van der Waals surface area contributed by atoms with Gasteiger partial charge in [-0.15, -0.1) is 0 Å². The SMILES string of the molecule is Cc1cccc(C)c1OCc1cc(Br)cc2c1OCC2. The van der Waals surface area contributed by atoms with Gasteiger partial charge in [0.2, 0.25) is 0 Å². The van der Waals surface area contributed by atoms with E-state index in [4.69, 9.17) is 9.47 Å². The molecule has 0 unspecified atom stereocenters. The number of hydrogen-bond acceptors (Lipinski definition) is 2. The second kappa shape index (κ2) is 5.49. The molecule has 3 rings (SSSR count). The summed E-state index contributed by atoms with van der Waals surface area (Å²) >= 11 is 3.56. The maximum absolute atomic E-state index is 6.03. The van der Waals surface area contributed by atoms with Gasteiger partial charge in [-0.05, 0) is 42.7 Å². The van der Waals surface area contributed by atoms with Gasteiger partial charge >= 0.3 is 0 Å². The van der Waals surface area contributed by atoms with E-state index in [2.05, 4.69) is 60.1 Å². The molecule has 0 radical (unpaired) electrons. The quantitative estimate of drug-likeness (QED) is 0.819. The molecule has 0 N–H and O–H groups in total. The molecular formula is C17H17BrO2. The third-order valence-corrected chi connectivity index (χ3v) is 4.06. The molecule has 0 aliphatic carbocycles. The van der Waals surface area contributed by atoms with Crippen molar-refractivity contribution in [2.45, 2.75) is 26.9 Å². The largest absolute Gasteiger partial charge is 0.493 e. The van der Waals surface area contributed by atoms with Crippen molar-refractivity contribution in [2.24, 2.45) is 0 Å². The molecule has 0 spiro atoms. The van der Waals surface area contributed by atoms with Gasteiger partial charge in [-0.25, -0.2) is 0 Å². The molecule has 1 aliphatic heterocycles. The molecule has 0 aromatic heterocycles. The molecule has 2 nitrogen and oxygen atoms in total. The Morgan fingerprint density at radius 3 is 2.70 bits per heavy atom. The summed E-state index contributed by atoms with van der Waals surface area (Å²) in [6.45, 7) is 5.45. The van der Waals surface area contributed by atoms with E-state index in [0.717, 1.165) is 45.7 Å². The summed E-state index contributed by atoms with van der Waals surface area (Å²) in [6.07, 6.45) is 0.977. The summed E-state index contributed by atoms with van der Waals surface area (Å²) in [7, 11) is 0. The van der Waals surface area contributed by atoms with E-state index in [1.807, 2.05) is 0 Å². The molecule has 104 valence electrons. The molecule has 20 heavy (non-hydrogen) atoms. The summed E-state index contributed by atoms with van der Waals surface area (Å²) in [5.41, 5.74) is 4.70. The van der Waals surface area contributed by atoms with Crippen molar-refractivity contribution in [3.05, 3.63) is 57.1 Å². The molecule has 0 bridgehead atoms. The van der Waals surface area contributed by atoms with Gasteiger partial charge in [0.15, 0.2) is 0 Å². The van der Waals surface area contributed by atoms with Gasteiger partial charge in [0, 0.05) is 16.5 Å². The van der Waals surface area contributed by atoms with Crippen LogP contribution >= 0.6 is 15.9 Å². The van der Waals surface area contributed by atoms with Crippen LogP contribution in [0, 0.1) is 13.8 Å². The molecule has 0 amide bonds. The zero-order valence-electron chi connectivity index (χ0n) is 11.7. The fraction of sp³-hybridized carbons (Fsp3) is 0.294. The Labute approximate surface area is 127 Å². The third-order valence-electron chi connectivity index (χ3n) is 3.61. The lowest BCUT2D eigenvalue weighted by Crippen LogP contribution is -2.01. The zero-order valence-corrected chi connectivity index (χ0v) is 13.3. The highest BCUT2D eigenvalue weighted by Crippen LogP contribution is 2.34. The van der Waals surface area contributed by atoms with Crippen LogP contribution in [0.1, 0.15) is 22.3 Å². The Balaban J connectivity index is 1.86. The number of ether oxygens (including phenoxy) is 2. The maximum atomic E-state index is 6.03. The Morgan fingerprint density at radius 2 is 1.95 bits per heavy atom. The summed E-state index contributed by atoms with van der Waals surface area (Å²) in [5.74, 6) is 1.97. The number of hydrogen-bond donors (Lipinski definition) is 0. The summed E-state index contributed by atoms with van der Waals surface area (Å²) in [4.78, 5) is 0. The minimum absolute atomic E-state index is 0.535. The summed E-state index contributed by atoms with van der Waals surface area (Å²) in [6, 6.07) is 10.4. The van der Waals surface area contributed by atoms with E-state index < -0.39 is 0 Å². The number of para-hydroxylation sites is 1. The van der Waals surface area contributed by atoms with Crippen LogP contribution in [0.15, 0.2) is 34.8 Å². The van der Waals surface area contributed by atoms with Crippen molar-refractivity contribution >= 4 is 15.9 Å². The lowest BCUT2D eigenvalue weighted by molar-refractivity contribution is 0.288. The van der Waals surface area contributed by atoms with E-state index in [1.54, 1.807) is 0 Å². The standard InChI is InChI=1S/C17H17BrO2/c1-11-4-3-5-12(2)16(11)20-10-14-9-15(18)8-13-6-7-19-17(13)14/h3-5,8-9H,6-7,10H2,1-2H3. The topological polar surface area (TPSA) is 18.5 Å². The maximum Gasteiger partial charge on any atom is 0.129 e. The molecule has 1 aliphatic rings. The van der Waals surface area contributed by atoms with Crippen molar-refractivity contribution in [2.75, 3.05) is 6.61 Å². The van der Waals surface area contributed by atoms with Gasteiger partial charge in [-0.1, -0.05) is 34.1 Å². The summed E-state index contributed by atoms with van der Waals surface area (Å²) in [5, 5.41) is 0. The van der Waals surface area contributed by atoms with Gasteiger partial charge in [0.25, 0.3) is 0 Å². The first kappa shape index (κ1) is 13.5. The zero-order chi connectivity index (χ0) is 14.1. The van der Waals surface area contributed by atoms with Crippen LogP contribution in [0.2, 0.25) is 0 Å². The smallest absolute Gasteiger partial charge is 0.129 e. The van der Waals surface area contributed by atoms with Crippen LogP contribution in [0.5, 0.6) is 11.5 Å².